The Kier molecular flexibility index (Phi) is 4.63. The van der Waals surface area contributed by atoms with Gasteiger partial charge in [-0.1, -0.05) is 38.3 Å². The third-order valence-electron chi connectivity index (χ3n) is 4.24. The fraction of sp³-hybridized carbons (Fsp3) is 0.867. The first kappa shape index (κ1) is 13.1. The van der Waals surface area contributed by atoms with Crippen LogP contribution >= 0.6 is 0 Å². The van der Waals surface area contributed by atoms with E-state index in [-0.39, 0.29) is 5.41 Å². The van der Waals surface area contributed by atoms with Crippen molar-refractivity contribution < 1.29 is 9.47 Å². The van der Waals surface area contributed by atoms with Crippen LogP contribution in [0.2, 0.25) is 0 Å². The monoisotopic (exact) mass is 238 g/mol. The van der Waals surface area contributed by atoms with Crippen molar-refractivity contribution in [2.45, 2.75) is 52.1 Å². The van der Waals surface area contributed by atoms with Crippen molar-refractivity contribution in [3.05, 3.63) is 12.2 Å². The van der Waals surface area contributed by atoms with E-state index in [9.17, 15) is 0 Å². The highest BCUT2D eigenvalue weighted by Crippen LogP contribution is 2.41. The second kappa shape index (κ2) is 6.01. The van der Waals surface area contributed by atoms with E-state index in [1.54, 1.807) is 0 Å². The Morgan fingerprint density at radius 2 is 2.00 bits per heavy atom. The van der Waals surface area contributed by atoms with E-state index < -0.39 is 0 Å². The maximum Gasteiger partial charge on any atom is 0.0705 e. The zero-order valence-electron chi connectivity index (χ0n) is 11.3. The highest BCUT2D eigenvalue weighted by molar-refractivity contribution is 4.94. The van der Waals surface area contributed by atoms with Gasteiger partial charge in [-0.3, -0.25) is 0 Å². The molecule has 1 aliphatic carbocycles. The minimum Gasteiger partial charge on any atom is -0.380 e. The molecule has 0 aromatic rings. The SMILES string of the molecule is CC=CCOC(C1CCCCC1)C1(C)COC1. The highest BCUT2D eigenvalue weighted by atomic mass is 16.5. The van der Waals surface area contributed by atoms with Crippen LogP contribution in [0, 0.1) is 11.3 Å². The zero-order valence-corrected chi connectivity index (χ0v) is 11.3. The van der Waals surface area contributed by atoms with Gasteiger partial charge < -0.3 is 9.47 Å². The maximum atomic E-state index is 6.16. The average molecular weight is 238 g/mol. The summed E-state index contributed by atoms with van der Waals surface area (Å²) in [5, 5.41) is 0. The summed E-state index contributed by atoms with van der Waals surface area (Å²) in [6, 6.07) is 0. The van der Waals surface area contributed by atoms with Gasteiger partial charge in [-0.25, -0.2) is 0 Å². The molecule has 0 amide bonds. The molecule has 2 aliphatic rings. The molecule has 2 nitrogen and oxygen atoms in total. The summed E-state index contributed by atoms with van der Waals surface area (Å²) in [5.41, 5.74) is 0.267. The minimum absolute atomic E-state index is 0.267. The normalized spacial score (nSPS) is 26.9. The number of ether oxygens (including phenoxy) is 2. The largest absolute Gasteiger partial charge is 0.380 e. The van der Waals surface area contributed by atoms with Crippen molar-refractivity contribution >= 4 is 0 Å². The van der Waals surface area contributed by atoms with E-state index in [1.807, 2.05) is 6.92 Å². The molecule has 1 aliphatic heterocycles. The molecular weight excluding hydrogens is 212 g/mol. The summed E-state index contributed by atoms with van der Waals surface area (Å²) in [6.45, 7) is 6.89. The van der Waals surface area contributed by atoms with Gasteiger partial charge >= 0.3 is 0 Å². The van der Waals surface area contributed by atoms with E-state index in [2.05, 4.69) is 19.1 Å². The Labute approximate surface area is 105 Å². The number of hydrogen-bond donors (Lipinski definition) is 0. The van der Waals surface area contributed by atoms with Crippen LogP contribution in [0.3, 0.4) is 0 Å². The standard InChI is InChI=1S/C15H26O2/c1-3-4-10-17-14(15(2)11-16-12-15)13-8-6-5-7-9-13/h3-4,13-14H,5-12H2,1-2H3. The Morgan fingerprint density at radius 3 is 2.53 bits per heavy atom. The molecule has 0 aromatic carbocycles. The van der Waals surface area contributed by atoms with Crippen molar-refractivity contribution in [3.8, 4) is 0 Å². The molecule has 1 saturated heterocycles. The molecule has 98 valence electrons. The molecule has 0 N–H and O–H groups in total. The lowest BCUT2D eigenvalue weighted by atomic mass is 9.71. The average Bonchev–Trinajstić information content (AvgIpc) is 2.33. The molecule has 2 fully saturated rings. The Balaban J connectivity index is 1.95. The smallest absolute Gasteiger partial charge is 0.0705 e. The minimum atomic E-state index is 0.267. The third kappa shape index (κ3) is 3.11. The van der Waals surface area contributed by atoms with Gasteiger partial charge in [0.05, 0.1) is 25.9 Å². The molecule has 17 heavy (non-hydrogen) atoms. The fourth-order valence-electron chi connectivity index (χ4n) is 3.19. The van der Waals surface area contributed by atoms with Gasteiger partial charge in [0.25, 0.3) is 0 Å². The van der Waals surface area contributed by atoms with Crippen LogP contribution in [0.5, 0.6) is 0 Å². The summed E-state index contributed by atoms with van der Waals surface area (Å²) in [5.74, 6) is 0.753. The van der Waals surface area contributed by atoms with Gasteiger partial charge in [0.1, 0.15) is 0 Å². The van der Waals surface area contributed by atoms with Crippen molar-refractivity contribution in [1.29, 1.82) is 0 Å². The Bertz CT molecular complexity index is 250. The number of rotatable bonds is 5. The van der Waals surface area contributed by atoms with Crippen LogP contribution in [-0.2, 0) is 9.47 Å². The Morgan fingerprint density at radius 1 is 1.29 bits per heavy atom. The van der Waals surface area contributed by atoms with Gasteiger partial charge in [-0.15, -0.1) is 0 Å². The molecule has 0 radical (unpaired) electrons. The molecule has 0 bridgehead atoms. The zero-order chi connectivity index (χ0) is 12.1. The van der Waals surface area contributed by atoms with Crippen molar-refractivity contribution in [3.63, 3.8) is 0 Å². The van der Waals surface area contributed by atoms with E-state index >= 15 is 0 Å². The van der Waals surface area contributed by atoms with Gasteiger partial charge in [-0.2, -0.15) is 0 Å². The quantitative estimate of drug-likeness (QED) is 0.682. The first-order valence-electron chi connectivity index (χ1n) is 7.07. The molecule has 1 unspecified atom stereocenters. The van der Waals surface area contributed by atoms with E-state index in [0.29, 0.717) is 6.10 Å². The molecule has 1 atom stereocenters. The van der Waals surface area contributed by atoms with Crippen molar-refractivity contribution in [2.75, 3.05) is 19.8 Å². The lowest BCUT2D eigenvalue weighted by Gasteiger charge is -2.48. The first-order chi connectivity index (χ1) is 8.26. The van der Waals surface area contributed by atoms with Crippen LogP contribution in [0.1, 0.15) is 46.0 Å². The van der Waals surface area contributed by atoms with Gasteiger partial charge in [0.15, 0.2) is 0 Å². The predicted octanol–water partition coefficient (Wildman–Crippen LogP) is 3.56. The lowest BCUT2D eigenvalue weighted by molar-refractivity contribution is -0.193. The summed E-state index contributed by atoms with van der Waals surface area (Å²) >= 11 is 0. The van der Waals surface area contributed by atoms with Crippen molar-refractivity contribution in [1.82, 2.24) is 0 Å². The summed E-state index contributed by atoms with van der Waals surface area (Å²) in [4.78, 5) is 0. The molecule has 1 heterocycles. The predicted molar refractivity (Wildman–Crippen MR) is 70.1 cm³/mol. The maximum absolute atomic E-state index is 6.16. The third-order valence-corrected chi connectivity index (χ3v) is 4.24. The van der Waals surface area contributed by atoms with E-state index in [1.165, 1.54) is 32.1 Å². The molecular formula is C15H26O2. The van der Waals surface area contributed by atoms with Crippen LogP contribution in [0.15, 0.2) is 12.2 Å². The van der Waals surface area contributed by atoms with Gasteiger partial charge in [0, 0.05) is 5.41 Å². The molecule has 2 heteroatoms. The lowest BCUT2D eigenvalue weighted by Crippen LogP contribution is -2.53. The summed E-state index contributed by atoms with van der Waals surface area (Å²) in [6.07, 6.45) is 11.4. The fourth-order valence-corrected chi connectivity index (χ4v) is 3.19. The highest BCUT2D eigenvalue weighted by Gasteiger charge is 2.45. The number of allylic oxidation sites excluding steroid dienone is 1. The second-order valence-electron chi connectivity index (χ2n) is 5.87. The second-order valence-corrected chi connectivity index (χ2v) is 5.87. The first-order valence-corrected chi connectivity index (χ1v) is 7.07. The van der Waals surface area contributed by atoms with Crippen LogP contribution in [-0.4, -0.2) is 25.9 Å². The molecule has 2 rings (SSSR count). The number of hydrogen-bond acceptors (Lipinski definition) is 2. The van der Waals surface area contributed by atoms with Crippen LogP contribution in [0.25, 0.3) is 0 Å². The summed E-state index contributed by atoms with van der Waals surface area (Å²) < 4.78 is 11.6. The van der Waals surface area contributed by atoms with Gasteiger partial charge in [-0.05, 0) is 25.7 Å². The topological polar surface area (TPSA) is 18.5 Å². The molecule has 0 aromatic heterocycles. The van der Waals surface area contributed by atoms with E-state index in [0.717, 1.165) is 25.7 Å². The molecule has 0 spiro atoms. The van der Waals surface area contributed by atoms with Gasteiger partial charge in [0.2, 0.25) is 0 Å². The van der Waals surface area contributed by atoms with Crippen molar-refractivity contribution in [2.24, 2.45) is 11.3 Å². The molecule has 1 saturated carbocycles. The van der Waals surface area contributed by atoms with E-state index in [4.69, 9.17) is 9.47 Å². The Hall–Kier alpha value is -0.340. The summed E-state index contributed by atoms with van der Waals surface area (Å²) in [7, 11) is 0. The van der Waals surface area contributed by atoms with Crippen LogP contribution in [0.4, 0.5) is 0 Å². The van der Waals surface area contributed by atoms with Crippen LogP contribution < -0.4 is 0 Å².